The molecule has 0 bridgehead atoms. The maximum absolute atomic E-state index is 12.5. The van der Waals surface area contributed by atoms with Gasteiger partial charge in [0.25, 0.3) is 10.0 Å². The number of nitrogens with zero attached hydrogens (tertiary/aromatic N) is 3. The van der Waals surface area contributed by atoms with Crippen LogP contribution in [0.5, 0.6) is 0 Å². The van der Waals surface area contributed by atoms with E-state index in [1.807, 2.05) is 6.92 Å². The molecule has 0 saturated carbocycles. The topological polar surface area (TPSA) is 64.4 Å². The lowest BCUT2D eigenvalue weighted by atomic mass is 10.1. The first-order valence-corrected chi connectivity index (χ1v) is 8.04. The smallest absolute Gasteiger partial charge is 0.262 e. The van der Waals surface area contributed by atoms with Crippen LogP contribution in [0.2, 0.25) is 0 Å². The van der Waals surface area contributed by atoms with Crippen LogP contribution in [0.15, 0.2) is 17.6 Å². The summed E-state index contributed by atoms with van der Waals surface area (Å²) in [6.07, 6.45) is 4.77. The Hall–Kier alpha value is -0.920. The van der Waals surface area contributed by atoms with Gasteiger partial charge in [0.2, 0.25) is 0 Å². The Morgan fingerprint density at radius 1 is 1.58 bits per heavy atom. The maximum atomic E-state index is 12.5. The third kappa shape index (κ3) is 3.34. The molecule has 0 aliphatic carbocycles. The van der Waals surface area contributed by atoms with E-state index in [0.717, 1.165) is 19.4 Å². The summed E-state index contributed by atoms with van der Waals surface area (Å²) < 4.78 is 33.6. The average Bonchev–Trinajstić information content (AvgIpc) is 3.00. The number of aryl methyl sites for hydroxylation is 1. The number of aromatic nitrogens is 2. The van der Waals surface area contributed by atoms with Gasteiger partial charge in [-0.05, 0) is 18.8 Å². The molecule has 19 heavy (non-hydrogen) atoms. The summed E-state index contributed by atoms with van der Waals surface area (Å²) in [5.41, 5.74) is 0. The fourth-order valence-corrected chi connectivity index (χ4v) is 3.80. The first kappa shape index (κ1) is 14.5. The van der Waals surface area contributed by atoms with Crippen LogP contribution in [0.4, 0.5) is 0 Å². The van der Waals surface area contributed by atoms with Crippen LogP contribution >= 0.6 is 0 Å². The number of rotatable bonds is 6. The van der Waals surface area contributed by atoms with Crippen LogP contribution in [0.1, 0.15) is 19.8 Å². The van der Waals surface area contributed by atoms with Gasteiger partial charge in [-0.2, -0.15) is 4.31 Å². The highest BCUT2D eigenvalue weighted by atomic mass is 32.2. The van der Waals surface area contributed by atoms with E-state index in [1.54, 1.807) is 17.8 Å². The minimum absolute atomic E-state index is 0.127. The number of hydrogen-bond donors (Lipinski definition) is 0. The minimum atomic E-state index is -3.48. The molecule has 0 aromatic carbocycles. The second-order valence-electron chi connectivity index (χ2n) is 4.97. The first-order chi connectivity index (χ1) is 9.04. The first-order valence-electron chi connectivity index (χ1n) is 6.60. The Morgan fingerprint density at radius 3 is 2.89 bits per heavy atom. The molecule has 1 saturated heterocycles. The summed E-state index contributed by atoms with van der Waals surface area (Å²) in [5, 5.41) is 0.127. The van der Waals surface area contributed by atoms with Crippen molar-refractivity contribution < 1.29 is 13.2 Å². The van der Waals surface area contributed by atoms with Gasteiger partial charge >= 0.3 is 0 Å². The molecular weight excluding hydrogens is 266 g/mol. The normalized spacial score (nSPS) is 20.3. The highest BCUT2D eigenvalue weighted by Crippen LogP contribution is 2.19. The van der Waals surface area contributed by atoms with Gasteiger partial charge in [-0.3, -0.25) is 0 Å². The molecule has 108 valence electrons. The van der Waals surface area contributed by atoms with Crippen LogP contribution < -0.4 is 0 Å². The van der Waals surface area contributed by atoms with E-state index < -0.39 is 10.0 Å². The predicted octanol–water partition coefficient (Wildman–Crippen LogP) is 0.857. The lowest BCUT2D eigenvalue weighted by Crippen LogP contribution is -2.36. The van der Waals surface area contributed by atoms with Crippen LogP contribution in [0.3, 0.4) is 0 Å². The molecule has 2 rings (SSSR count). The van der Waals surface area contributed by atoms with Crippen molar-refractivity contribution in [2.75, 3.05) is 26.3 Å². The number of hydrogen-bond acceptors (Lipinski definition) is 4. The zero-order valence-corrected chi connectivity index (χ0v) is 12.3. The molecule has 1 unspecified atom stereocenters. The van der Waals surface area contributed by atoms with E-state index in [0.29, 0.717) is 25.6 Å². The summed E-state index contributed by atoms with van der Waals surface area (Å²) >= 11 is 0. The standard InChI is InChI=1S/C12H21N3O3S/c1-3-5-15(7-11-4-6-18-9-11)19(16,17)12-8-14(2)10-13-12/h8,10-11H,3-7,9H2,1-2H3. The van der Waals surface area contributed by atoms with E-state index in [2.05, 4.69) is 4.98 Å². The van der Waals surface area contributed by atoms with Crippen molar-refractivity contribution in [1.82, 2.24) is 13.9 Å². The monoisotopic (exact) mass is 287 g/mol. The van der Waals surface area contributed by atoms with Crippen LogP contribution in [-0.4, -0.2) is 48.6 Å². The molecule has 2 heterocycles. The van der Waals surface area contributed by atoms with Gasteiger partial charge in [0.15, 0.2) is 5.03 Å². The molecule has 1 fully saturated rings. The fourth-order valence-electron chi connectivity index (χ4n) is 2.23. The van der Waals surface area contributed by atoms with Crippen molar-refractivity contribution in [1.29, 1.82) is 0 Å². The molecule has 1 aromatic heterocycles. The third-order valence-corrected chi connectivity index (χ3v) is 5.00. The fraction of sp³-hybridized carbons (Fsp3) is 0.750. The Kier molecular flexibility index (Phi) is 4.59. The quantitative estimate of drug-likeness (QED) is 0.778. The molecule has 1 aliphatic rings. The van der Waals surface area contributed by atoms with Gasteiger partial charge in [0.05, 0.1) is 12.9 Å². The van der Waals surface area contributed by atoms with Gasteiger partial charge in [-0.25, -0.2) is 13.4 Å². The van der Waals surface area contributed by atoms with Crippen molar-refractivity contribution in [3.8, 4) is 0 Å². The van der Waals surface area contributed by atoms with Gasteiger partial charge in [0.1, 0.15) is 0 Å². The van der Waals surface area contributed by atoms with Gasteiger partial charge < -0.3 is 9.30 Å². The molecule has 0 N–H and O–H groups in total. The van der Waals surface area contributed by atoms with Crippen molar-refractivity contribution in [2.45, 2.75) is 24.8 Å². The largest absolute Gasteiger partial charge is 0.381 e. The van der Waals surface area contributed by atoms with Crippen molar-refractivity contribution in [2.24, 2.45) is 13.0 Å². The van der Waals surface area contributed by atoms with Gasteiger partial charge in [-0.15, -0.1) is 0 Å². The lowest BCUT2D eigenvalue weighted by molar-refractivity contribution is 0.180. The lowest BCUT2D eigenvalue weighted by Gasteiger charge is -2.23. The zero-order chi connectivity index (χ0) is 13.9. The van der Waals surface area contributed by atoms with Gasteiger partial charge in [-0.1, -0.05) is 6.92 Å². The Balaban J connectivity index is 2.16. The van der Waals surface area contributed by atoms with E-state index in [4.69, 9.17) is 4.74 Å². The molecule has 0 spiro atoms. The second kappa shape index (κ2) is 6.02. The predicted molar refractivity (Wildman–Crippen MR) is 71.2 cm³/mol. The van der Waals surface area contributed by atoms with Crippen LogP contribution in [0, 0.1) is 5.92 Å². The van der Waals surface area contributed by atoms with Crippen LogP contribution in [0.25, 0.3) is 0 Å². The van der Waals surface area contributed by atoms with Crippen molar-refractivity contribution in [3.05, 3.63) is 12.5 Å². The summed E-state index contributed by atoms with van der Waals surface area (Å²) in [5.74, 6) is 0.296. The molecule has 6 nitrogen and oxygen atoms in total. The van der Waals surface area contributed by atoms with Crippen molar-refractivity contribution in [3.63, 3.8) is 0 Å². The molecule has 0 amide bonds. The molecule has 1 atom stereocenters. The minimum Gasteiger partial charge on any atom is -0.381 e. The number of imidazole rings is 1. The highest BCUT2D eigenvalue weighted by Gasteiger charge is 2.29. The van der Waals surface area contributed by atoms with E-state index in [1.165, 1.54) is 10.6 Å². The SMILES string of the molecule is CCCN(CC1CCOC1)S(=O)(=O)c1cn(C)cn1. The summed E-state index contributed by atoms with van der Waals surface area (Å²) in [6.45, 7) is 4.40. The number of ether oxygens (including phenoxy) is 1. The Bertz CT molecular complexity index is 506. The van der Waals surface area contributed by atoms with E-state index >= 15 is 0 Å². The highest BCUT2D eigenvalue weighted by molar-refractivity contribution is 7.89. The van der Waals surface area contributed by atoms with E-state index in [-0.39, 0.29) is 5.03 Å². The molecule has 7 heteroatoms. The zero-order valence-electron chi connectivity index (χ0n) is 11.4. The summed E-state index contributed by atoms with van der Waals surface area (Å²) in [4.78, 5) is 3.97. The van der Waals surface area contributed by atoms with E-state index in [9.17, 15) is 8.42 Å². The molecule has 1 aromatic rings. The third-order valence-electron chi connectivity index (χ3n) is 3.24. The van der Waals surface area contributed by atoms with Crippen molar-refractivity contribution >= 4 is 10.0 Å². The molecule has 1 aliphatic heterocycles. The average molecular weight is 287 g/mol. The summed E-state index contributed by atoms with van der Waals surface area (Å²) in [6, 6.07) is 0. The summed E-state index contributed by atoms with van der Waals surface area (Å²) in [7, 11) is -1.72. The number of sulfonamides is 1. The molecular formula is C12H21N3O3S. The Labute approximate surface area is 114 Å². The Morgan fingerprint density at radius 2 is 2.37 bits per heavy atom. The second-order valence-corrected chi connectivity index (χ2v) is 6.85. The van der Waals surface area contributed by atoms with Crippen LogP contribution in [-0.2, 0) is 21.8 Å². The molecule has 0 radical (unpaired) electrons. The van der Waals surface area contributed by atoms with Gasteiger partial charge in [0, 0.05) is 32.9 Å². The maximum Gasteiger partial charge on any atom is 0.262 e.